The van der Waals surface area contributed by atoms with Crippen molar-refractivity contribution in [3.63, 3.8) is 0 Å². The van der Waals surface area contributed by atoms with Crippen molar-refractivity contribution in [3.8, 4) is 0 Å². The van der Waals surface area contributed by atoms with Crippen molar-refractivity contribution in [2.24, 2.45) is 0 Å². The molecule has 1 N–H and O–H groups in total. The summed E-state index contributed by atoms with van der Waals surface area (Å²) in [5.41, 5.74) is 9.78. The zero-order valence-electron chi connectivity index (χ0n) is 23.1. The Morgan fingerprint density at radius 3 is 1.78 bits per heavy atom. The lowest BCUT2D eigenvalue weighted by atomic mass is 9.76. The van der Waals surface area contributed by atoms with E-state index in [2.05, 4.69) is 167 Å². The Morgan fingerprint density at radius 2 is 1.22 bits per heavy atom. The highest BCUT2D eigenvalue weighted by atomic mass is 15.3. The quantitative estimate of drug-likeness (QED) is 0.216. The van der Waals surface area contributed by atoms with E-state index in [0.29, 0.717) is 6.67 Å². The summed E-state index contributed by atoms with van der Waals surface area (Å²) < 4.78 is 2.38. The second-order valence-electron chi connectivity index (χ2n) is 10.6. The molecule has 0 unspecified atom stereocenters. The monoisotopic (exact) mass is 532 g/mol. The molecule has 0 radical (unpaired) electrons. The highest BCUT2D eigenvalue weighted by molar-refractivity contribution is 5.83. The first-order chi connectivity index (χ1) is 20.2. The van der Waals surface area contributed by atoms with Crippen molar-refractivity contribution < 1.29 is 0 Å². The molecule has 0 saturated carbocycles. The van der Waals surface area contributed by atoms with Crippen LogP contribution < -0.4 is 5.32 Å². The summed E-state index contributed by atoms with van der Waals surface area (Å²) in [6, 6.07) is 49.7. The van der Waals surface area contributed by atoms with E-state index < -0.39 is 5.54 Å². The molecule has 0 atom stereocenters. The summed E-state index contributed by atoms with van der Waals surface area (Å²) in [6.45, 7) is 3.48. The van der Waals surface area contributed by atoms with Crippen LogP contribution in [0.15, 0.2) is 146 Å². The number of fused-ring (bicyclic) bond motifs is 1. The standard InChI is InChI=1S/C37H32N4/c1-28-22-23-35-33(39-28)24-36(41(35)25-29-14-6-2-7-15-29)34-26-40(27-38-34)37(30-16-8-3-9-17-30,31-18-10-4-11-19-31)32-20-12-5-13-21-32/h2-24,26,38H,25,27H2,1H3. The zero-order valence-corrected chi connectivity index (χ0v) is 23.1. The van der Waals surface area contributed by atoms with E-state index in [-0.39, 0.29) is 0 Å². The normalized spacial score (nSPS) is 13.3. The van der Waals surface area contributed by atoms with Crippen LogP contribution in [-0.4, -0.2) is 21.1 Å². The number of hydrogen-bond donors (Lipinski definition) is 1. The maximum Gasteiger partial charge on any atom is 0.117 e. The smallest absolute Gasteiger partial charge is 0.117 e. The summed E-state index contributed by atoms with van der Waals surface area (Å²) in [4.78, 5) is 7.34. The van der Waals surface area contributed by atoms with Crippen LogP contribution in [0.3, 0.4) is 0 Å². The van der Waals surface area contributed by atoms with Gasteiger partial charge in [-0.25, -0.2) is 0 Å². The predicted octanol–water partition coefficient (Wildman–Crippen LogP) is 7.55. The van der Waals surface area contributed by atoms with Gasteiger partial charge in [-0.1, -0.05) is 121 Å². The maximum atomic E-state index is 4.89. The molecule has 1 aliphatic heterocycles. The number of rotatable bonds is 7. The molecule has 200 valence electrons. The van der Waals surface area contributed by atoms with Gasteiger partial charge in [0, 0.05) is 18.4 Å². The number of benzene rings is 4. The number of aryl methyl sites for hydroxylation is 1. The molecule has 0 aliphatic carbocycles. The highest BCUT2D eigenvalue weighted by Gasteiger charge is 2.42. The Balaban J connectivity index is 1.43. The first-order valence-electron chi connectivity index (χ1n) is 14.1. The van der Waals surface area contributed by atoms with Crippen LogP contribution in [0.1, 0.15) is 33.6 Å². The van der Waals surface area contributed by atoms with Gasteiger partial charge in [-0.15, -0.1) is 0 Å². The van der Waals surface area contributed by atoms with Crippen LogP contribution in [-0.2, 0) is 12.1 Å². The Kier molecular flexibility index (Phi) is 6.36. The van der Waals surface area contributed by atoms with Crippen LogP contribution in [0, 0.1) is 6.92 Å². The molecule has 7 rings (SSSR count). The Bertz CT molecular complexity index is 1710. The topological polar surface area (TPSA) is 33.1 Å². The van der Waals surface area contributed by atoms with Crippen LogP contribution in [0.25, 0.3) is 16.7 Å². The molecule has 4 aromatic carbocycles. The molecule has 6 aromatic rings. The lowest BCUT2D eigenvalue weighted by Crippen LogP contribution is -2.45. The van der Waals surface area contributed by atoms with Crippen molar-refractivity contribution in [1.82, 2.24) is 19.8 Å². The second kappa shape index (κ2) is 10.5. The Morgan fingerprint density at radius 1 is 0.683 bits per heavy atom. The fourth-order valence-electron chi connectivity index (χ4n) is 6.23. The molecule has 0 bridgehead atoms. The van der Waals surface area contributed by atoms with E-state index in [1.54, 1.807) is 0 Å². The van der Waals surface area contributed by atoms with Gasteiger partial charge in [0.05, 0.1) is 29.1 Å². The molecule has 1 aliphatic rings. The van der Waals surface area contributed by atoms with E-state index in [9.17, 15) is 0 Å². The highest BCUT2D eigenvalue weighted by Crippen LogP contribution is 2.44. The van der Waals surface area contributed by atoms with E-state index >= 15 is 0 Å². The number of nitrogens with one attached hydrogen (secondary N) is 1. The van der Waals surface area contributed by atoms with E-state index in [1.807, 2.05) is 0 Å². The third-order valence-electron chi connectivity index (χ3n) is 8.09. The van der Waals surface area contributed by atoms with Crippen molar-refractivity contribution in [2.45, 2.75) is 19.0 Å². The summed E-state index contributed by atoms with van der Waals surface area (Å²) >= 11 is 0. The van der Waals surface area contributed by atoms with Gasteiger partial charge in [0.1, 0.15) is 5.54 Å². The van der Waals surface area contributed by atoms with Crippen molar-refractivity contribution in [1.29, 1.82) is 0 Å². The summed E-state index contributed by atoms with van der Waals surface area (Å²) in [6.07, 6.45) is 2.30. The third-order valence-corrected chi connectivity index (χ3v) is 8.09. The molecular weight excluding hydrogens is 500 g/mol. The minimum atomic E-state index is -0.524. The maximum absolute atomic E-state index is 4.89. The SMILES string of the molecule is Cc1ccc2c(cc(C3=CN(C(c4ccccc4)(c4ccccc4)c4ccccc4)CN3)n2Cc2ccccc2)n1. The van der Waals surface area contributed by atoms with Crippen molar-refractivity contribution in [3.05, 3.63) is 179 Å². The van der Waals surface area contributed by atoms with Gasteiger partial charge in [0.25, 0.3) is 0 Å². The van der Waals surface area contributed by atoms with Crippen LogP contribution >= 0.6 is 0 Å². The van der Waals surface area contributed by atoms with Gasteiger partial charge in [-0.2, -0.15) is 0 Å². The van der Waals surface area contributed by atoms with Crippen LogP contribution in [0.2, 0.25) is 0 Å². The van der Waals surface area contributed by atoms with Gasteiger partial charge >= 0.3 is 0 Å². The molecule has 0 spiro atoms. The van der Waals surface area contributed by atoms with Crippen LogP contribution in [0.4, 0.5) is 0 Å². The second-order valence-corrected chi connectivity index (χ2v) is 10.6. The molecule has 2 aromatic heterocycles. The van der Waals surface area contributed by atoms with Gasteiger partial charge in [0.15, 0.2) is 0 Å². The number of pyridine rings is 1. The summed E-state index contributed by atoms with van der Waals surface area (Å²) in [5, 5.41) is 3.78. The van der Waals surface area contributed by atoms with E-state index in [0.717, 1.165) is 34.7 Å². The molecule has 0 fully saturated rings. The van der Waals surface area contributed by atoms with E-state index in [1.165, 1.54) is 22.3 Å². The van der Waals surface area contributed by atoms with Gasteiger partial charge in [-0.05, 0) is 47.4 Å². The van der Waals surface area contributed by atoms with Crippen molar-refractivity contribution >= 4 is 16.7 Å². The van der Waals surface area contributed by atoms with Crippen molar-refractivity contribution in [2.75, 3.05) is 6.67 Å². The fourth-order valence-corrected chi connectivity index (χ4v) is 6.23. The molecule has 41 heavy (non-hydrogen) atoms. The number of hydrogen-bond acceptors (Lipinski definition) is 3. The Hall–Kier alpha value is -5.09. The summed E-state index contributed by atoms with van der Waals surface area (Å²) in [5.74, 6) is 0. The first kappa shape index (κ1) is 24.9. The minimum absolute atomic E-state index is 0.524. The molecule has 0 amide bonds. The largest absolute Gasteiger partial charge is 0.365 e. The molecule has 0 saturated heterocycles. The Labute approximate surface area is 241 Å². The lowest BCUT2D eigenvalue weighted by molar-refractivity contribution is 0.242. The van der Waals surface area contributed by atoms with Gasteiger partial charge in [-0.3, -0.25) is 4.98 Å². The summed E-state index contributed by atoms with van der Waals surface area (Å²) in [7, 11) is 0. The number of nitrogens with zero attached hydrogens (tertiary/aromatic N) is 3. The van der Waals surface area contributed by atoms with Crippen LogP contribution in [0.5, 0.6) is 0 Å². The molecule has 4 nitrogen and oxygen atoms in total. The average molecular weight is 533 g/mol. The zero-order chi connectivity index (χ0) is 27.6. The van der Waals surface area contributed by atoms with Gasteiger partial charge in [0.2, 0.25) is 0 Å². The lowest BCUT2D eigenvalue weighted by Gasteiger charge is -2.43. The number of aromatic nitrogens is 2. The third kappa shape index (κ3) is 4.38. The minimum Gasteiger partial charge on any atom is -0.365 e. The predicted molar refractivity (Wildman–Crippen MR) is 167 cm³/mol. The molecular formula is C37H32N4. The molecule has 4 heteroatoms. The molecule has 3 heterocycles. The first-order valence-corrected chi connectivity index (χ1v) is 14.1. The van der Waals surface area contributed by atoms with Gasteiger partial charge < -0.3 is 14.8 Å². The average Bonchev–Trinajstić information content (AvgIpc) is 3.65. The van der Waals surface area contributed by atoms with E-state index in [4.69, 9.17) is 4.98 Å². The fraction of sp³-hybridized carbons (Fsp3) is 0.108.